The molecule has 2 aliphatic rings. The summed E-state index contributed by atoms with van der Waals surface area (Å²) in [5.41, 5.74) is 1.06. The fourth-order valence-corrected chi connectivity index (χ4v) is 4.26. The Kier molecular flexibility index (Phi) is 4.63. The first kappa shape index (κ1) is 16.4. The molecular formula is C19H21NO4S. The average molecular weight is 359 g/mol. The number of aliphatic hydroxyl groups excluding tert-OH is 1. The summed E-state index contributed by atoms with van der Waals surface area (Å²) < 4.78 is 10.7. The number of carbonyl (C=O) groups is 1. The molecule has 5 nitrogen and oxygen atoms in total. The fraction of sp³-hybridized carbons (Fsp3) is 0.421. The van der Waals surface area contributed by atoms with E-state index in [1.165, 1.54) is 0 Å². The van der Waals surface area contributed by atoms with Crippen LogP contribution in [-0.2, 0) is 11.2 Å². The number of amides is 1. The highest BCUT2D eigenvalue weighted by Crippen LogP contribution is 2.39. The standard InChI is InChI=1S/C19H21NO4S/c21-14-9-13(10-14)19(17-2-1-7-25-17)20-18(22)6-4-12-3-5-15-16(8-12)24-11-23-15/h1-3,5,7-8,13-14,19,21H,4,6,9-11H2,(H,20,22)/t13?,14?,19-/m0/s1. The summed E-state index contributed by atoms with van der Waals surface area (Å²) in [4.78, 5) is 13.6. The molecule has 2 heterocycles. The summed E-state index contributed by atoms with van der Waals surface area (Å²) in [6.45, 7) is 0.259. The maximum absolute atomic E-state index is 12.5. The zero-order valence-electron chi connectivity index (χ0n) is 13.8. The molecule has 1 amide bonds. The number of rotatable bonds is 6. The van der Waals surface area contributed by atoms with Crippen LogP contribution in [0.3, 0.4) is 0 Å². The lowest BCUT2D eigenvalue weighted by Crippen LogP contribution is -2.41. The van der Waals surface area contributed by atoms with Crippen molar-refractivity contribution >= 4 is 17.2 Å². The number of hydrogen-bond donors (Lipinski definition) is 2. The Balaban J connectivity index is 1.35. The van der Waals surface area contributed by atoms with Gasteiger partial charge in [-0.3, -0.25) is 4.79 Å². The van der Waals surface area contributed by atoms with E-state index in [9.17, 15) is 9.90 Å². The Morgan fingerprint density at radius 1 is 1.28 bits per heavy atom. The molecule has 0 radical (unpaired) electrons. The first-order valence-electron chi connectivity index (χ1n) is 8.58. The summed E-state index contributed by atoms with van der Waals surface area (Å²) >= 11 is 1.65. The molecule has 0 unspecified atom stereocenters. The molecule has 4 rings (SSSR count). The predicted molar refractivity (Wildman–Crippen MR) is 94.8 cm³/mol. The zero-order chi connectivity index (χ0) is 17.2. The van der Waals surface area contributed by atoms with Crippen molar-refractivity contribution in [3.05, 3.63) is 46.2 Å². The van der Waals surface area contributed by atoms with Gasteiger partial charge in [0.15, 0.2) is 11.5 Å². The molecule has 2 N–H and O–H groups in total. The van der Waals surface area contributed by atoms with E-state index in [0.717, 1.165) is 34.8 Å². The van der Waals surface area contributed by atoms with Crippen molar-refractivity contribution in [3.63, 3.8) is 0 Å². The largest absolute Gasteiger partial charge is 0.454 e. The highest BCUT2D eigenvalue weighted by molar-refractivity contribution is 7.10. The Morgan fingerprint density at radius 2 is 2.12 bits per heavy atom. The number of hydrogen-bond acceptors (Lipinski definition) is 5. The molecule has 1 fully saturated rings. The molecule has 1 aromatic heterocycles. The van der Waals surface area contributed by atoms with E-state index in [0.29, 0.717) is 18.8 Å². The van der Waals surface area contributed by atoms with Crippen molar-refractivity contribution in [1.29, 1.82) is 0 Å². The minimum atomic E-state index is -0.224. The molecule has 1 aliphatic heterocycles. The molecule has 0 spiro atoms. The van der Waals surface area contributed by atoms with Gasteiger partial charge in [-0.25, -0.2) is 0 Å². The van der Waals surface area contributed by atoms with Gasteiger partial charge in [-0.15, -0.1) is 11.3 Å². The number of ether oxygens (including phenoxy) is 2. The second kappa shape index (κ2) is 7.06. The summed E-state index contributed by atoms with van der Waals surface area (Å²) in [6, 6.07) is 9.86. The van der Waals surface area contributed by atoms with Gasteiger partial charge < -0.3 is 19.9 Å². The lowest BCUT2D eigenvalue weighted by Gasteiger charge is -2.37. The van der Waals surface area contributed by atoms with Crippen molar-refractivity contribution in [2.45, 2.75) is 37.8 Å². The van der Waals surface area contributed by atoms with Crippen LogP contribution >= 0.6 is 11.3 Å². The first-order chi connectivity index (χ1) is 12.2. The van der Waals surface area contributed by atoms with Crippen LogP contribution < -0.4 is 14.8 Å². The molecule has 132 valence electrons. The first-order valence-corrected chi connectivity index (χ1v) is 9.46. The Bertz CT molecular complexity index is 740. The topological polar surface area (TPSA) is 67.8 Å². The van der Waals surface area contributed by atoms with Gasteiger partial charge in [0.2, 0.25) is 12.7 Å². The van der Waals surface area contributed by atoms with Gasteiger partial charge in [0.1, 0.15) is 0 Å². The van der Waals surface area contributed by atoms with Crippen molar-refractivity contribution in [1.82, 2.24) is 5.32 Å². The van der Waals surface area contributed by atoms with Crippen molar-refractivity contribution in [2.24, 2.45) is 5.92 Å². The number of benzene rings is 1. The molecule has 1 atom stereocenters. The maximum Gasteiger partial charge on any atom is 0.231 e. The minimum absolute atomic E-state index is 0.00709. The molecule has 1 aromatic carbocycles. The van der Waals surface area contributed by atoms with Gasteiger partial charge in [-0.2, -0.15) is 0 Å². The minimum Gasteiger partial charge on any atom is -0.454 e. The summed E-state index contributed by atoms with van der Waals surface area (Å²) in [6.07, 6.45) is 2.37. The quantitative estimate of drug-likeness (QED) is 0.832. The fourth-order valence-electron chi connectivity index (χ4n) is 3.39. The molecule has 1 saturated carbocycles. The molecule has 25 heavy (non-hydrogen) atoms. The van der Waals surface area contributed by atoms with E-state index in [2.05, 4.69) is 11.4 Å². The van der Waals surface area contributed by atoms with E-state index in [4.69, 9.17) is 9.47 Å². The second-order valence-corrected chi connectivity index (χ2v) is 7.61. The van der Waals surface area contributed by atoms with Crippen LogP contribution in [0.4, 0.5) is 0 Å². The van der Waals surface area contributed by atoms with Crippen molar-refractivity contribution < 1.29 is 19.4 Å². The van der Waals surface area contributed by atoms with Crippen LogP contribution in [0.5, 0.6) is 11.5 Å². The molecular weight excluding hydrogens is 338 g/mol. The number of aliphatic hydroxyl groups is 1. The van der Waals surface area contributed by atoms with E-state index in [1.807, 2.05) is 29.6 Å². The average Bonchev–Trinajstić information content (AvgIpc) is 3.26. The molecule has 2 aromatic rings. The zero-order valence-corrected chi connectivity index (χ0v) is 14.6. The van der Waals surface area contributed by atoms with Gasteiger partial charge in [0, 0.05) is 11.3 Å². The van der Waals surface area contributed by atoms with E-state index in [1.54, 1.807) is 11.3 Å². The van der Waals surface area contributed by atoms with Gasteiger partial charge in [0.05, 0.1) is 12.1 Å². The number of thiophene rings is 1. The Hall–Kier alpha value is -2.05. The lowest BCUT2D eigenvalue weighted by molar-refractivity contribution is -0.123. The van der Waals surface area contributed by atoms with Gasteiger partial charge >= 0.3 is 0 Å². The number of nitrogens with one attached hydrogen (secondary N) is 1. The van der Waals surface area contributed by atoms with Crippen LogP contribution in [0.1, 0.15) is 35.7 Å². The second-order valence-electron chi connectivity index (χ2n) is 6.63. The lowest BCUT2D eigenvalue weighted by atomic mass is 9.76. The monoisotopic (exact) mass is 359 g/mol. The summed E-state index contributed by atoms with van der Waals surface area (Å²) in [5.74, 6) is 1.87. The number of carbonyl (C=O) groups excluding carboxylic acids is 1. The Labute approximate surface area is 150 Å². The third kappa shape index (κ3) is 3.65. The van der Waals surface area contributed by atoms with Crippen LogP contribution in [0.15, 0.2) is 35.7 Å². The van der Waals surface area contributed by atoms with E-state index < -0.39 is 0 Å². The summed E-state index contributed by atoms with van der Waals surface area (Å²) in [7, 11) is 0. The maximum atomic E-state index is 12.5. The smallest absolute Gasteiger partial charge is 0.231 e. The summed E-state index contributed by atoms with van der Waals surface area (Å²) in [5, 5.41) is 14.8. The van der Waals surface area contributed by atoms with Crippen LogP contribution in [-0.4, -0.2) is 23.9 Å². The Morgan fingerprint density at radius 3 is 2.88 bits per heavy atom. The SMILES string of the molecule is O=C(CCc1ccc2c(c1)OCO2)N[C@H](c1cccs1)C1CC(O)C1. The van der Waals surface area contributed by atoms with E-state index >= 15 is 0 Å². The van der Waals surface area contributed by atoms with Crippen molar-refractivity contribution in [3.8, 4) is 11.5 Å². The third-order valence-electron chi connectivity index (χ3n) is 4.86. The predicted octanol–water partition coefficient (Wildman–Crippen LogP) is 3.04. The molecule has 1 aliphatic carbocycles. The highest BCUT2D eigenvalue weighted by Gasteiger charge is 2.36. The normalized spacial score (nSPS) is 22.3. The number of aryl methyl sites for hydroxylation is 1. The molecule has 6 heteroatoms. The van der Waals surface area contributed by atoms with Crippen molar-refractivity contribution in [2.75, 3.05) is 6.79 Å². The third-order valence-corrected chi connectivity index (χ3v) is 5.82. The van der Waals surface area contributed by atoms with Crippen LogP contribution in [0.2, 0.25) is 0 Å². The van der Waals surface area contributed by atoms with Gasteiger partial charge in [0.25, 0.3) is 0 Å². The van der Waals surface area contributed by atoms with Gasteiger partial charge in [-0.05, 0) is 54.3 Å². The molecule has 0 bridgehead atoms. The van der Waals surface area contributed by atoms with Crippen LogP contribution in [0, 0.1) is 5.92 Å². The van der Waals surface area contributed by atoms with Gasteiger partial charge in [-0.1, -0.05) is 12.1 Å². The molecule has 0 saturated heterocycles. The van der Waals surface area contributed by atoms with Crippen LogP contribution in [0.25, 0.3) is 0 Å². The highest BCUT2D eigenvalue weighted by atomic mass is 32.1. The number of fused-ring (bicyclic) bond motifs is 1. The van der Waals surface area contributed by atoms with E-state index in [-0.39, 0.29) is 24.8 Å².